The number of carbonyl (C=O) groups is 1. The van der Waals surface area contributed by atoms with E-state index in [1.165, 1.54) is 0 Å². The SMILES string of the molecule is CCCC(NS(=O)(=O)c1ccc([N+](=O)[O-])cc1C(F)(F)F)C(=O)O. The van der Waals surface area contributed by atoms with E-state index in [0.29, 0.717) is 12.1 Å². The monoisotopic (exact) mass is 370 g/mol. The highest BCUT2D eigenvalue weighted by Gasteiger charge is 2.39. The maximum atomic E-state index is 13.0. The number of nitro benzene ring substituents is 1. The topological polar surface area (TPSA) is 127 Å². The fraction of sp³-hybridized carbons (Fsp3) is 0.417. The van der Waals surface area contributed by atoms with E-state index in [2.05, 4.69) is 0 Å². The summed E-state index contributed by atoms with van der Waals surface area (Å²) in [6.07, 6.45) is -5.05. The van der Waals surface area contributed by atoms with E-state index in [1.54, 1.807) is 11.6 Å². The molecule has 12 heteroatoms. The van der Waals surface area contributed by atoms with Crippen LogP contribution in [0.4, 0.5) is 18.9 Å². The summed E-state index contributed by atoms with van der Waals surface area (Å²) in [5.74, 6) is -1.55. The van der Waals surface area contributed by atoms with Crippen molar-refractivity contribution in [2.24, 2.45) is 0 Å². The van der Waals surface area contributed by atoms with Crippen molar-refractivity contribution in [3.63, 3.8) is 0 Å². The van der Waals surface area contributed by atoms with Gasteiger partial charge in [0.1, 0.15) is 6.04 Å². The molecule has 1 aromatic rings. The van der Waals surface area contributed by atoms with E-state index in [1.807, 2.05) is 0 Å². The number of rotatable bonds is 7. The molecule has 0 spiro atoms. The summed E-state index contributed by atoms with van der Waals surface area (Å²) < 4.78 is 65.0. The number of carboxylic acids is 1. The Balaban J connectivity index is 3.43. The summed E-state index contributed by atoms with van der Waals surface area (Å²) in [6.45, 7) is 1.57. The molecule has 0 bridgehead atoms. The van der Waals surface area contributed by atoms with Crippen molar-refractivity contribution in [2.45, 2.75) is 36.9 Å². The second kappa shape index (κ2) is 7.13. The molecule has 0 aliphatic heterocycles. The Hall–Kier alpha value is -2.21. The summed E-state index contributed by atoms with van der Waals surface area (Å²) in [7, 11) is -4.86. The molecule has 1 atom stereocenters. The molecular weight excluding hydrogens is 357 g/mol. The number of nitrogens with one attached hydrogen (secondary N) is 1. The Kier molecular flexibility index (Phi) is 5.89. The van der Waals surface area contributed by atoms with Gasteiger partial charge in [0.05, 0.1) is 15.4 Å². The average molecular weight is 370 g/mol. The number of non-ortho nitro benzene ring substituents is 1. The number of nitro groups is 1. The van der Waals surface area contributed by atoms with Gasteiger partial charge in [0, 0.05) is 12.1 Å². The molecule has 0 amide bonds. The van der Waals surface area contributed by atoms with Gasteiger partial charge in [0.2, 0.25) is 10.0 Å². The van der Waals surface area contributed by atoms with E-state index in [-0.39, 0.29) is 18.9 Å². The fourth-order valence-electron chi connectivity index (χ4n) is 1.86. The molecule has 134 valence electrons. The van der Waals surface area contributed by atoms with Gasteiger partial charge >= 0.3 is 12.1 Å². The number of aliphatic carboxylic acids is 1. The molecule has 0 aliphatic rings. The molecule has 0 fully saturated rings. The summed E-state index contributed by atoms with van der Waals surface area (Å²) in [5, 5.41) is 19.5. The smallest absolute Gasteiger partial charge is 0.417 e. The largest absolute Gasteiger partial charge is 0.480 e. The van der Waals surface area contributed by atoms with Crippen molar-refractivity contribution in [2.75, 3.05) is 0 Å². The molecule has 1 aromatic carbocycles. The number of nitrogens with zero attached hydrogens (tertiary/aromatic N) is 1. The quantitative estimate of drug-likeness (QED) is 0.559. The zero-order valence-electron chi connectivity index (χ0n) is 12.2. The first-order valence-corrected chi connectivity index (χ1v) is 7.99. The highest BCUT2D eigenvalue weighted by Crippen LogP contribution is 2.36. The van der Waals surface area contributed by atoms with Gasteiger partial charge in [-0.1, -0.05) is 13.3 Å². The van der Waals surface area contributed by atoms with E-state index in [9.17, 15) is 36.5 Å². The zero-order chi connectivity index (χ0) is 18.7. The van der Waals surface area contributed by atoms with Gasteiger partial charge < -0.3 is 5.11 Å². The van der Waals surface area contributed by atoms with Gasteiger partial charge in [0.15, 0.2) is 0 Å². The highest BCUT2D eigenvalue weighted by atomic mass is 32.2. The maximum Gasteiger partial charge on any atom is 0.417 e. The minimum Gasteiger partial charge on any atom is -0.480 e. The zero-order valence-corrected chi connectivity index (χ0v) is 13.0. The van der Waals surface area contributed by atoms with Gasteiger partial charge in [-0.2, -0.15) is 17.9 Å². The van der Waals surface area contributed by atoms with Crippen LogP contribution >= 0.6 is 0 Å². The molecule has 0 aliphatic carbocycles. The van der Waals surface area contributed by atoms with Crippen LogP contribution in [0, 0.1) is 10.1 Å². The van der Waals surface area contributed by atoms with Crippen LogP contribution in [0.1, 0.15) is 25.3 Å². The molecule has 0 saturated carbocycles. The number of hydrogen-bond donors (Lipinski definition) is 2. The molecule has 2 N–H and O–H groups in total. The first-order chi connectivity index (χ1) is 10.9. The van der Waals surface area contributed by atoms with E-state index in [4.69, 9.17) is 5.11 Å². The molecule has 0 radical (unpaired) electrons. The normalized spacial score (nSPS) is 13.5. The number of benzene rings is 1. The van der Waals surface area contributed by atoms with Crippen LogP contribution in [0.2, 0.25) is 0 Å². The predicted molar refractivity (Wildman–Crippen MR) is 74.8 cm³/mol. The second-order valence-corrected chi connectivity index (χ2v) is 6.42. The Morgan fingerprint density at radius 2 is 2.00 bits per heavy atom. The van der Waals surface area contributed by atoms with Gasteiger partial charge in [-0.25, -0.2) is 8.42 Å². The molecule has 0 aromatic heterocycles. The van der Waals surface area contributed by atoms with Gasteiger partial charge in [-0.3, -0.25) is 14.9 Å². The van der Waals surface area contributed by atoms with Gasteiger partial charge in [-0.05, 0) is 12.5 Å². The number of halogens is 3. The first-order valence-electron chi connectivity index (χ1n) is 6.51. The van der Waals surface area contributed by atoms with Crippen LogP contribution < -0.4 is 4.72 Å². The summed E-state index contributed by atoms with van der Waals surface area (Å²) in [4.78, 5) is 19.2. The molecule has 1 unspecified atom stereocenters. The highest BCUT2D eigenvalue weighted by molar-refractivity contribution is 7.89. The predicted octanol–water partition coefficient (Wildman–Crippen LogP) is 2.15. The lowest BCUT2D eigenvalue weighted by Gasteiger charge is -2.17. The Morgan fingerprint density at radius 1 is 1.42 bits per heavy atom. The third kappa shape index (κ3) is 4.64. The lowest BCUT2D eigenvalue weighted by atomic mass is 10.2. The third-order valence-corrected chi connectivity index (χ3v) is 4.47. The molecule has 1 rings (SSSR count). The van der Waals surface area contributed by atoms with E-state index >= 15 is 0 Å². The molecule has 8 nitrogen and oxygen atoms in total. The summed E-state index contributed by atoms with van der Waals surface area (Å²) >= 11 is 0. The number of alkyl halides is 3. The first kappa shape index (κ1) is 19.8. The second-order valence-electron chi connectivity index (χ2n) is 4.74. The third-order valence-electron chi connectivity index (χ3n) is 2.94. The summed E-state index contributed by atoms with van der Waals surface area (Å²) in [6, 6.07) is -0.506. The van der Waals surface area contributed by atoms with Gasteiger partial charge in [-0.15, -0.1) is 0 Å². The minimum absolute atomic E-state index is 0.0875. The van der Waals surface area contributed by atoms with Crippen molar-refractivity contribution in [3.8, 4) is 0 Å². The Bertz CT molecular complexity index is 748. The van der Waals surface area contributed by atoms with Crippen LogP contribution in [0.5, 0.6) is 0 Å². The van der Waals surface area contributed by atoms with E-state index < -0.39 is 49.3 Å². The van der Waals surface area contributed by atoms with Crippen molar-refractivity contribution < 1.29 is 36.4 Å². The van der Waals surface area contributed by atoms with Crippen LogP contribution in [-0.4, -0.2) is 30.5 Å². The minimum atomic E-state index is -5.18. The Labute approximate surface area is 134 Å². The van der Waals surface area contributed by atoms with Crippen LogP contribution in [0.25, 0.3) is 0 Å². The maximum absolute atomic E-state index is 13.0. The summed E-state index contributed by atoms with van der Waals surface area (Å²) in [5.41, 5.74) is -2.69. The van der Waals surface area contributed by atoms with Crippen LogP contribution in [-0.2, 0) is 21.0 Å². The lowest BCUT2D eigenvalue weighted by molar-refractivity contribution is -0.385. The Morgan fingerprint density at radius 3 is 2.42 bits per heavy atom. The average Bonchev–Trinajstić information content (AvgIpc) is 2.44. The fourth-order valence-corrected chi connectivity index (χ4v) is 3.29. The number of carboxylic acid groups (broad SMARTS) is 1. The van der Waals surface area contributed by atoms with E-state index in [0.717, 1.165) is 0 Å². The molecule has 0 heterocycles. The van der Waals surface area contributed by atoms with Crippen molar-refractivity contribution in [3.05, 3.63) is 33.9 Å². The number of sulfonamides is 1. The number of hydrogen-bond acceptors (Lipinski definition) is 5. The molecule has 24 heavy (non-hydrogen) atoms. The molecular formula is C12H13F3N2O6S. The lowest BCUT2D eigenvalue weighted by Crippen LogP contribution is -2.41. The van der Waals surface area contributed by atoms with Crippen LogP contribution in [0.3, 0.4) is 0 Å². The standard InChI is InChI=1S/C12H13F3N2O6S/c1-2-3-9(11(18)19)16-24(22,23)10-5-4-7(17(20)21)6-8(10)12(13,14)15/h4-6,9,16H,2-3H2,1H3,(H,18,19). The van der Waals surface area contributed by atoms with Crippen molar-refractivity contribution in [1.29, 1.82) is 0 Å². The van der Waals surface area contributed by atoms with Crippen molar-refractivity contribution in [1.82, 2.24) is 4.72 Å². The van der Waals surface area contributed by atoms with Gasteiger partial charge in [0.25, 0.3) is 5.69 Å². The van der Waals surface area contributed by atoms with Crippen LogP contribution in [0.15, 0.2) is 23.1 Å². The molecule has 0 saturated heterocycles. The van der Waals surface area contributed by atoms with Crippen molar-refractivity contribution >= 4 is 21.7 Å².